The van der Waals surface area contributed by atoms with Gasteiger partial charge in [-0.2, -0.15) is 0 Å². The van der Waals surface area contributed by atoms with E-state index in [-0.39, 0.29) is 6.03 Å². The maximum atomic E-state index is 10.8. The number of carbonyl (C=O) groups is 1. The van der Waals surface area contributed by atoms with Gasteiger partial charge in [-0.15, -0.1) is 0 Å². The summed E-state index contributed by atoms with van der Waals surface area (Å²) < 4.78 is 4.30. The van der Waals surface area contributed by atoms with E-state index in [9.17, 15) is 4.79 Å². The summed E-state index contributed by atoms with van der Waals surface area (Å²) in [6.07, 6.45) is 7.48. The van der Waals surface area contributed by atoms with Crippen LogP contribution in [0.15, 0.2) is 25.0 Å². The van der Waals surface area contributed by atoms with Gasteiger partial charge in [0.2, 0.25) is 0 Å². The molecule has 0 fully saturated rings. The van der Waals surface area contributed by atoms with Crippen LogP contribution in [-0.2, 0) is 13.0 Å². The highest BCUT2D eigenvalue weighted by Crippen LogP contribution is 1.92. The van der Waals surface area contributed by atoms with E-state index in [0.717, 1.165) is 25.2 Å². The lowest BCUT2D eigenvalue weighted by Crippen LogP contribution is -2.36. The number of nitrogens with one attached hydrogen (secondary N) is 3. The second-order valence-corrected chi connectivity index (χ2v) is 3.54. The molecule has 5 nitrogen and oxygen atoms in total. The first kappa shape index (κ1) is 12.6. The smallest absolute Gasteiger partial charge is 0.324 e. The summed E-state index contributed by atoms with van der Waals surface area (Å²) in [6.45, 7) is 5.12. The highest BCUT2D eigenvalue weighted by Gasteiger charge is 2.08. The van der Waals surface area contributed by atoms with Gasteiger partial charge in [-0.25, -0.2) is 14.3 Å². The molecule has 0 saturated carbocycles. The van der Waals surface area contributed by atoms with Gasteiger partial charge in [0, 0.05) is 6.54 Å². The zero-order chi connectivity index (χ0) is 11.8. The van der Waals surface area contributed by atoms with E-state index in [1.54, 1.807) is 0 Å². The van der Waals surface area contributed by atoms with Gasteiger partial charge < -0.3 is 5.32 Å². The van der Waals surface area contributed by atoms with Crippen molar-refractivity contribution in [3.05, 3.63) is 30.9 Å². The number of hydrogen-bond donors (Lipinski definition) is 4. The Labute approximate surface area is 100 Å². The zero-order valence-corrected chi connectivity index (χ0v) is 9.96. The summed E-state index contributed by atoms with van der Waals surface area (Å²) >= 11 is 3.64. The quantitative estimate of drug-likeness (QED) is 0.250. The number of rotatable bonds is 6. The van der Waals surface area contributed by atoms with Crippen molar-refractivity contribution in [1.82, 2.24) is 15.0 Å². The number of imidazole rings is 1. The van der Waals surface area contributed by atoms with E-state index in [0.29, 0.717) is 6.54 Å². The van der Waals surface area contributed by atoms with Crippen molar-refractivity contribution in [2.45, 2.75) is 19.4 Å². The van der Waals surface area contributed by atoms with Gasteiger partial charge in [0.15, 0.2) is 0 Å². The molecule has 0 aliphatic rings. The normalized spacial score (nSPS) is 9.81. The molecule has 6 heteroatoms. The van der Waals surface area contributed by atoms with Crippen LogP contribution < -0.4 is 14.6 Å². The largest absolute Gasteiger partial charge is 0.337 e. The van der Waals surface area contributed by atoms with Crippen molar-refractivity contribution < 1.29 is 9.36 Å². The lowest BCUT2D eigenvalue weighted by Gasteiger charge is -2.02. The molecule has 88 valence electrons. The van der Waals surface area contributed by atoms with Crippen LogP contribution in [0.3, 0.4) is 0 Å². The van der Waals surface area contributed by atoms with Crippen molar-refractivity contribution in [3.8, 4) is 0 Å². The van der Waals surface area contributed by atoms with Crippen LogP contribution in [0, 0.1) is 0 Å². The van der Waals surface area contributed by atoms with Crippen LogP contribution in [0.5, 0.6) is 0 Å². The minimum absolute atomic E-state index is 0.270. The number of hydrogen-bond acceptors (Lipinski definition) is 2. The molecule has 1 aromatic rings. The van der Waals surface area contributed by atoms with Crippen molar-refractivity contribution in [3.63, 3.8) is 0 Å². The third-order valence-electron chi connectivity index (χ3n) is 2.15. The van der Waals surface area contributed by atoms with Crippen molar-refractivity contribution in [2.75, 3.05) is 6.54 Å². The van der Waals surface area contributed by atoms with E-state index >= 15 is 0 Å². The molecule has 0 atom stereocenters. The highest BCUT2D eigenvalue weighted by molar-refractivity contribution is 7.78. The third kappa shape index (κ3) is 3.98. The average molecular weight is 241 g/mol. The van der Waals surface area contributed by atoms with Crippen LogP contribution in [0.4, 0.5) is 4.79 Å². The molecular formula is C10H17N4OS+. The molecule has 0 aliphatic heterocycles. The van der Waals surface area contributed by atoms with E-state index < -0.39 is 0 Å². The van der Waals surface area contributed by atoms with Gasteiger partial charge in [-0.1, -0.05) is 25.5 Å². The Morgan fingerprint density at radius 2 is 2.50 bits per heavy atom. The molecule has 0 radical (unpaired) electrons. The van der Waals surface area contributed by atoms with E-state index in [4.69, 9.17) is 0 Å². The number of aryl methyl sites for hydroxylation is 1. The number of amides is 2. The standard InChI is InChI=1S/C10H16N4OS/c1-2-7-14-8-6-11-9(14)4-3-5-12-10(15)13-16/h2,6,8H,1,3-5,7H2,(H3,12,13,15,16)/p+1. The van der Waals surface area contributed by atoms with Crippen LogP contribution in [-0.4, -0.2) is 17.6 Å². The summed E-state index contributed by atoms with van der Waals surface area (Å²) in [5.74, 6) is 1.13. The number of thiol groups is 1. The van der Waals surface area contributed by atoms with Crippen molar-refractivity contribution >= 4 is 18.8 Å². The maximum Gasteiger partial charge on any atom is 0.324 e. The summed E-state index contributed by atoms with van der Waals surface area (Å²) in [5, 5.41) is 2.68. The number of carbonyl (C=O) groups excluding carboxylic acids is 1. The fourth-order valence-electron chi connectivity index (χ4n) is 1.42. The number of aromatic amines is 1. The number of H-pyrrole nitrogens is 1. The van der Waals surface area contributed by atoms with Gasteiger partial charge in [0.25, 0.3) is 5.82 Å². The molecule has 1 heterocycles. The summed E-state index contributed by atoms with van der Waals surface area (Å²) in [6, 6.07) is -0.270. The Kier molecular flexibility index (Phi) is 5.49. The first-order chi connectivity index (χ1) is 7.77. The highest BCUT2D eigenvalue weighted by atomic mass is 32.1. The SMILES string of the molecule is C=CC[n+]1cc[nH]c1CCCNC(=O)NS. The molecular weight excluding hydrogens is 224 g/mol. The Morgan fingerprint density at radius 1 is 1.69 bits per heavy atom. The van der Waals surface area contributed by atoms with Gasteiger partial charge in [-0.05, 0) is 6.42 Å². The number of nitrogens with zero attached hydrogens (tertiary/aromatic N) is 1. The minimum Gasteiger partial charge on any atom is -0.337 e. The predicted octanol–water partition coefficient (Wildman–Crippen LogP) is 0.565. The first-order valence-electron chi connectivity index (χ1n) is 5.12. The summed E-state index contributed by atoms with van der Waals surface area (Å²) in [4.78, 5) is 14.0. The maximum absolute atomic E-state index is 10.8. The molecule has 0 aromatic carbocycles. The van der Waals surface area contributed by atoms with Crippen LogP contribution in [0.25, 0.3) is 0 Å². The molecule has 0 aliphatic carbocycles. The Bertz CT molecular complexity index is 350. The van der Waals surface area contributed by atoms with Crippen LogP contribution >= 0.6 is 12.8 Å². The molecule has 0 bridgehead atoms. The van der Waals surface area contributed by atoms with Gasteiger partial charge in [0.1, 0.15) is 18.9 Å². The number of aromatic nitrogens is 2. The molecule has 3 N–H and O–H groups in total. The van der Waals surface area contributed by atoms with E-state index in [2.05, 4.69) is 39.0 Å². The number of allylic oxidation sites excluding steroid dienone is 1. The van der Waals surface area contributed by atoms with Crippen molar-refractivity contribution in [2.24, 2.45) is 0 Å². The van der Waals surface area contributed by atoms with Gasteiger partial charge >= 0.3 is 6.03 Å². The van der Waals surface area contributed by atoms with Gasteiger partial charge in [0.05, 0.1) is 6.42 Å². The Hall–Kier alpha value is -1.43. The van der Waals surface area contributed by atoms with Gasteiger partial charge in [-0.3, -0.25) is 4.72 Å². The van der Waals surface area contributed by atoms with Crippen LogP contribution in [0.2, 0.25) is 0 Å². The second-order valence-electron chi connectivity index (χ2n) is 3.32. The molecule has 1 rings (SSSR count). The monoisotopic (exact) mass is 241 g/mol. The fraction of sp³-hybridized carbons (Fsp3) is 0.400. The second kappa shape index (κ2) is 6.95. The van der Waals surface area contributed by atoms with E-state index in [1.807, 2.05) is 18.5 Å². The Morgan fingerprint density at radius 3 is 3.19 bits per heavy atom. The number of urea groups is 1. The Balaban J connectivity index is 2.28. The molecule has 0 unspecified atom stereocenters. The molecule has 16 heavy (non-hydrogen) atoms. The van der Waals surface area contributed by atoms with E-state index in [1.165, 1.54) is 0 Å². The summed E-state index contributed by atoms with van der Waals surface area (Å²) in [5.41, 5.74) is 0. The predicted molar refractivity (Wildman–Crippen MR) is 65.0 cm³/mol. The average Bonchev–Trinajstić information content (AvgIpc) is 2.72. The third-order valence-corrected chi connectivity index (χ3v) is 2.36. The van der Waals surface area contributed by atoms with Crippen molar-refractivity contribution in [1.29, 1.82) is 0 Å². The molecule has 0 saturated heterocycles. The minimum atomic E-state index is -0.270. The molecule has 0 spiro atoms. The van der Waals surface area contributed by atoms with Crippen LogP contribution in [0.1, 0.15) is 12.2 Å². The molecule has 1 aromatic heterocycles. The summed E-state index contributed by atoms with van der Waals surface area (Å²) in [7, 11) is 0. The lowest BCUT2D eigenvalue weighted by molar-refractivity contribution is -0.693. The first-order valence-corrected chi connectivity index (χ1v) is 5.57. The topological polar surface area (TPSA) is 60.8 Å². The lowest BCUT2D eigenvalue weighted by atomic mass is 10.3. The zero-order valence-electron chi connectivity index (χ0n) is 9.07. The molecule has 2 amide bonds. The fourth-order valence-corrected chi connectivity index (χ4v) is 1.50.